The van der Waals surface area contributed by atoms with Crippen LogP contribution in [0, 0.1) is 0 Å². The highest BCUT2D eigenvalue weighted by molar-refractivity contribution is 6.33. The molecule has 0 fully saturated rings. The maximum atomic E-state index is 11.7. The summed E-state index contributed by atoms with van der Waals surface area (Å²) in [5.74, 6) is 0. The van der Waals surface area contributed by atoms with E-state index in [2.05, 4.69) is 10.6 Å². The zero-order valence-electron chi connectivity index (χ0n) is 10.4. The molecule has 20 heavy (non-hydrogen) atoms. The van der Waals surface area contributed by atoms with E-state index in [4.69, 9.17) is 23.2 Å². The number of rotatable bonds is 3. The maximum absolute atomic E-state index is 11.7. The van der Waals surface area contributed by atoms with Crippen LogP contribution in [0.2, 0.25) is 10.0 Å². The number of hydrogen-bond donors (Lipinski definition) is 2. The van der Waals surface area contributed by atoms with Crippen molar-refractivity contribution in [2.75, 3.05) is 5.32 Å². The number of carbonyl (C=O) groups excluding carboxylic acids is 1. The summed E-state index contributed by atoms with van der Waals surface area (Å²) in [5.41, 5.74) is 1.50. The molecule has 3 nitrogen and oxygen atoms in total. The molecule has 0 saturated heterocycles. The molecule has 0 radical (unpaired) electrons. The lowest BCUT2D eigenvalue weighted by molar-refractivity contribution is 0.255. The Balaban J connectivity index is 1.89. The Morgan fingerprint density at radius 3 is 2.40 bits per heavy atom. The van der Waals surface area contributed by atoms with Gasteiger partial charge in [0.1, 0.15) is 0 Å². The van der Waals surface area contributed by atoms with Gasteiger partial charge in [-0.1, -0.05) is 47.5 Å². The second-order valence-electron chi connectivity index (χ2n) is 3.96. The molecule has 2 rings (SSSR count). The van der Waals surface area contributed by atoms with Gasteiger partial charge in [0.2, 0.25) is 0 Å². The molecule has 2 amide bonds. The number of nitrogens with one attached hydrogen (secondary N) is 2. The van der Waals surface area contributed by atoms with Gasteiger partial charge in [0.05, 0.1) is 10.7 Å². The second kappa shape index (κ2) is 6.98. The fraction of sp³-hybridized carbons (Fsp3) is 0. The molecule has 5 heteroatoms. The van der Waals surface area contributed by atoms with Gasteiger partial charge < -0.3 is 10.6 Å². The number of amides is 2. The molecule has 0 aromatic heterocycles. The summed E-state index contributed by atoms with van der Waals surface area (Å²) in [5, 5.41) is 6.41. The molecule has 0 aliphatic carbocycles. The lowest BCUT2D eigenvalue weighted by Crippen LogP contribution is -2.23. The van der Waals surface area contributed by atoms with Crippen molar-refractivity contribution in [3.05, 3.63) is 70.3 Å². The lowest BCUT2D eigenvalue weighted by atomic mass is 10.2. The monoisotopic (exact) mass is 306 g/mol. The quantitative estimate of drug-likeness (QED) is 0.841. The van der Waals surface area contributed by atoms with Crippen molar-refractivity contribution < 1.29 is 4.79 Å². The van der Waals surface area contributed by atoms with Crippen LogP contribution in [0.5, 0.6) is 0 Å². The van der Waals surface area contributed by atoms with E-state index in [1.165, 1.54) is 0 Å². The normalized spacial score (nSPS) is 10.5. The molecule has 0 aliphatic rings. The van der Waals surface area contributed by atoms with Crippen LogP contribution in [0.1, 0.15) is 5.56 Å². The van der Waals surface area contributed by atoms with Gasteiger partial charge in [-0.25, -0.2) is 4.79 Å². The number of halogens is 2. The van der Waals surface area contributed by atoms with E-state index in [0.29, 0.717) is 15.7 Å². The molecule has 0 bridgehead atoms. The Kier molecular flexibility index (Phi) is 5.04. The molecule has 0 saturated carbocycles. The first-order valence-corrected chi connectivity index (χ1v) is 6.65. The molecule has 0 unspecified atom stereocenters. The van der Waals surface area contributed by atoms with E-state index in [1.807, 2.05) is 12.1 Å². The van der Waals surface area contributed by atoms with Gasteiger partial charge in [-0.05, 0) is 35.9 Å². The van der Waals surface area contributed by atoms with Crippen LogP contribution < -0.4 is 10.6 Å². The van der Waals surface area contributed by atoms with E-state index in [9.17, 15) is 4.79 Å². The zero-order valence-corrected chi connectivity index (χ0v) is 11.9. The van der Waals surface area contributed by atoms with Crippen LogP contribution in [0.25, 0.3) is 6.08 Å². The van der Waals surface area contributed by atoms with Gasteiger partial charge in [-0.2, -0.15) is 0 Å². The Morgan fingerprint density at radius 1 is 1.00 bits per heavy atom. The van der Waals surface area contributed by atoms with E-state index < -0.39 is 0 Å². The fourth-order valence-corrected chi connectivity index (χ4v) is 1.82. The van der Waals surface area contributed by atoms with Crippen molar-refractivity contribution in [2.45, 2.75) is 0 Å². The summed E-state index contributed by atoms with van der Waals surface area (Å²) in [4.78, 5) is 11.7. The predicted molar refractivity (Wildman–Crippen MR) is 84.1 cm³/mol. The third-order valence-corrected chi connectivity index (χ3v) is 3.06. The minimum atomic E-state index is -0.358. The average Bonchev–Trinajstić information content (AvgIpc) is 2.44. The minimum absolute atomic E-state index is 0.358. The summed E-state index contributed by atoms with van der Waals surface area (Å²) < 4.78 is 0. The smallest absolute Gasteiger partial charge is 0.314 e. The molecule has 0 heterocycles. The number of para-hydroxylation sites is 1. The number of benzene rings is 2. The minimum Gasteiger partial charge on any atom is -0.314 e. The third kappa shape index (κ3) is 4.30. The summed E-state index contributed by atoms with van der Waals surface area (Å²) in [6, 6.07) is 13.9. The molecule has 0 atom stereocenters. The Labute approximate surface area is 127 Å². The van der Waals surface area contributed by atoms with Crippen LogP contribution in [0.3, 0.4) is 0 Å². The van der Waals surface area contributed by atoms with Crippen LogP contribution in [0.4, 0.5) is 10.5 Å². The SMILES string of the molecule is O=C(N/C=C/c1ccc(Cl)cc1)Nc1ccccc1Cl. The highest BCUT2D eigenvalue weighted by Gasteiger charge is 2.02. The Hall–Kier alpha value is -1.97. The average molecular weight is 307 g/mol. The van der Waals surface area contributed by atoms with E-state index in [0.717, 1.165) is 5.56 Å². The number of carbonyl (C=O) groups is 1. The topological polar surface area (TPSA) is 41.1 Å². The molecule has 0 spiro atoms. The summed E-state index contributed by atoms with van der Waals surface area (Å²) >= 11 is 11.7. The zero-order chi connectivity index (χ0) is 14.4. The first-order chi connectivity index (χ1) is 9.65. The van der Waals surface area contributed by atoms with Crippen molar-refractivity contribution in [1.29, 1.82) is 0 Å². The number of anilines is 1. The molecule has 102 valence electrons. The van der Waals surface area contributed by atoms with Gasteiger partial charge >= 0.3 is 6.03 Å². The molecular weight excluding hydrogens is 295 g/mol. The molecule has 2 N–H and O–H groups in total. The number of urea groups is 1. The van der Waals surface area contributed by atoms with Crippen LogP contribution in [0.15, 0.2) is 54.7 Å². The fourth-order valence-electron chi connectivity index (χ4n) is 1.51. The standard InChI is InChI=1S/C15H12Cl2N2O/c16-12-7-5-11(6-8-12)9-10-18-15(20)19-14-4-2-1-3-13(14)17/h1-10H,(H2,18,19,20)/b10-9+. The van der Waals surface area contributed by atoms with Gasteiger partial charge in [0, 0.05) is 11.2 Å². The van der Waals surface area contributed by atoms with Crippen LogP contribution in [-0.4, -0.2) is 6.03 Å². The first kappa shape index (κ1) is 14.4. The third-order valence-electron chi connectivity index (χ3n) is 2.48. The van der Waals surface area contributed by atoms with E-state index in [1.54, 1.807) is 48.7 Å². The van der Waals surface area contributed by atoms with Gasteiger partial charge in [0.15, 0.2) is 0 Å². The molecular formula is C15H12Cl2N2O. The van der Waals surface area contributed by atoms with Gasteiger partial charge in [-0.3, -0.25) is 0 Å². The molecule has 0 aliphatic heterocycles. The summed E-state index contributed by atoms with van der Waals surface area (Å²) in [6.07, 6.45) is 3.32. The van der Waals surface area contributed by atoms with Crippen molar-refractivity contribution in [2.24, 2.45) is 0 Å². The van der Waals surface area contributed by atoms with E-state index >= 15 is 0 Å². The highest BCUT2D eigenvalue weighted by Crippen LogP contribution is 2.20. The first-order valence-electron chi connectivity index (χ1n) is 5.89. The van der Waals surface area contributed by atoms with Crippen molar-refractivity contribution in [1.82, 2.24) is 5.32 Å². The van der Waals surface area contributed by atoms with Crippen LogP contribution in [-0.2, 0) is 0 Å². The van der Waals surface area contributed by atoms with Crippen molar-refractivity contribution in [3.63, 3.8) is 0 Å². The largest absolute Gasteiger partial charge is 0.323 e. The summed E-state index contributed by atoms with van der Waals surface area (Å²) in [7, 11) is 0. The molecule has 2 aromatic rings. The maximum Gasteiger partial charge on any atom is 0.323 e. The second-order valence-corrected chi connectivity index (χ2v) is 4.81. The Bertz CT molecular complexity index is 624. The summed E-state index contributed by atoms with van der Waals surface area (Å²) in [6.45, 7) is 0. The van der Waals surface area contributed by atoms with Crippen molar-refractivity contribution in [3.8, 4) is 0 Å². The van der Waals surface area contributed by atoms with Gasteiger partial charge in [-0.15, -0.1) is 0 Å². The lowest BCUT2D eigenvalue weighted by Gasteiger charge is -2.05. The van der Waals surface area contributed by atoms with E-state index in [-0.39, 0.29) is 6.03 Å². The highest BCUT2D eigenvalue weighted by atomic mass is 35.5. The van der Waals surface area contributed by atoms with Gasteiger partial charge in [0.25, 0.3) is 0 Å². The van der Waals surface area contributed by atoms with Crippen LogP contribution >= 0.6 is 23.2 Å². The predicted octanol–water partition coefficient (Wildman–Crippen LogP) is 4.79. The van der Waals surface area contributed by atoms with Crippen molar-refractivity contribution >= 4 is 41.0 Å². The molecule has 2 aromatic carbocycles. The number of hydrogen-bond acceptors (Lipinski definition) is 1. The Morgan fingerprint density at radius 2 is 1.70 bits per heavy atom.